The molecule has 45 heavy (non-hydrogen) atoms. The standard InChI is InChI=1S/C40H44O5/c1-4-29-18-23-36-33(27-29)20-24-35-32(19-15-30-11-8-7-9-12-30)13-10-14-37(35)39(36)45-26-25-44-34-21-16-31(17-22-34)28-38(42-5-2)40(41)43-6-3/h7-14,16-18,20-24,27,38-39H,4-6,15,19,25-26,28H2,1-3H3. The average molecular weight is 605 g/mol. The quantitative estimate of drug-likeness (QED) is 0.101. The van der Waals surface area contributed by atoms with E-state index in [1.165, 1.54) is 38.9 Å². The number of aryl methyl sites for hydroxylation is 3. The third-order valence-corrected chi connectivity index (χ3v) is 8.21. The maximum atomic E-state index is 12.2. The van der Waals surface area contributed by atoms with Gasteiger partial charge >= 0.3 is 5.97 Å². The zero-order valence-electron chi connectivity index (χ0n) is 26.7. The van der Waals surface area contributed by atoms with Crippen molar-refractivity contribution < 1.29 is 23.7 Å². The summed E-state index contributed by atoms with van der Waals surface area (Å²) in [6.07, 6.45) is 7.11. The van der Waals surface area contributed by atoms with Crippen LogP contribution in [0.15, 0.2) is 91.0 Å². The molecular weight excluding hydrogens is 560 g/mol. The lowest BCUT2D eigenvalue weighted by Gasteiger charge is -2.23. The first-order valence-electron chi connectivity index (χ1n) is 16.2. The zero-order valence-corrected chi connectivity index (χ0v) is 26.7. The van der Waals surface area contributed by atoms with Gasteiger partial charge in [-0.2, -0.15) is 0 Å². The molecule has 2 atom stereocenters. The number of fused-ring (bicyclic) bond motifs is 2. The van der Waals surface area contributed by atoms with E-state index in [4.69, 9.17) is 18.9 Å². The Hall–Kier alpha value is -4.19. The summed E-state index contributed by atoms with van der Waals surface area (Å²) in [5, 5.41) is 0. The molecule has 5 heteroatoms. The second kappa shape index (κ2) is 16.2. The summed E-state index contributed by atoms with van der Waals surface area (Å²) in [4.78, 5) is 12.2. The van der Waals surface area contributed by atoms with Gasteiger partial charge in [0.1, 0.15) is 18.5 Å². The van der Waals surface area contributed by atoms with Crippen molar-refractivity contribution in [3.05, 3.63) is 136 Å². The minimum Gasteiger partial charge on any atom is -0.491 e. The number of benzene rings is 4. The molecule has 234 valence electrons. The van der Waals surface area contributed by atoms with Gasteiger partial charge in [0.15, 0.2) is 6.10 Å². The van der Waals surface area contributed by atoms with Gasteiger partial charge in [0.25, 0.3) is 0 Å². The smallest absolute Gasteiger partial charge is 0.335 e. The van der Waals surface area contributed by atoms with Gasteiger partial charge in [0.2, 0.25) is 0 Å². The maximum Gasteiger partial charge on any atom is 0.335 e. The average Bonchev–Trinajstić information content (AvgIpc) is 3.23. The number of ether oxygens (including phenoxy) is 4. The SMILES string of the molecule is CCOC(=O)C(Cc1ccc(OCCOC2c3ccc(CC)cc3C=Cc3c(CCc4ccccc4)cccc32)cc1)OCC. The lowest BCUT2D eigenvalue weighted by atomic mass is 9.91. The van der Waals surface area contributed by atoms with Crippen molar-refractivity contribution in [2.45, 2.75) is 58.7 Å². The van der Waals surface area contributed by atoms with Crippen LogP contribution in [-0.4, -0.2) is 38.5 Å². The van der Waals surface area contributed by atoms with E-state index in [0.717, 1.165) is 30.6 Å². The Labute approximate surface area is 267 Å². The van der Waals surface area contributed by atoms with E-state index in [2.05, 4.69) is 85.8 Å². The highest BCUT2D eigenvalue weighted by molar-refractivity contribution is 5.78. The van der Waals surface area contributed by atoms with Crippen LogP contribution in [0.5, 0.6) is 5.75 Å². The molecule has 2 unspecified atom stereocenters. The number of esters is 1. The van der Waals surface area contributed by atoms with Crippen molar-refractivity contribution >= 4 is 18.1 Å². The van der Waals surface area contributed by atoms with E-state index in [-0.39, 0.29) is 12.1 Å². The molecule has 5 rings (SSSR count). The molecule has 0 heterocycles. The van der Waals surface area contributed by atoms with Gasteiger partial charge in [0, 0.05) is 13.0 Å². The van der Waals surface area contributed by atoms with E-state index >= 15 is 0 Å². The van der Waals surface area contributed by atoms with Crippen molar-refractivity contribution in [2.75, 3.05) is 26.4 Å². The molecule has 0 aliphatic heterocycles. The van der Waals surface area contributed by atoms with Gasteiger partial charge in [-0.05, 0) is 89.8 Å². The summed E-state index contributed by atoms with van der Waals surface area (Å²) in [6, 6.07) is 31.8. The van der Waals surface area contributed by atoms with Crippen LogP contribution >= 0.6 is 0 Å². The Morgan fingerprint density at radius 3 is 2.29 bits per heavy atom. The highest BCUT2D eigenvalue weighted by Crippen LogP contribution is 2.37. The highest BCUT2D eigenvalue weighted by atomic mass is 16.6. The van der Waals surface area contributed by atoms with Crippen LogP contribution in [0.4, 0.5) is 0 Å². The molecule has 0 N–H and O–H groups in total. The lowest BCUT2D eigenvalue weighted by Crippen LogP contribution is -2.28. The summed E-state index contributed by atoms with van der Waals surface area (Å²) >= 11 is 0. The summed E-state index contributed by atoms with van der Waals surface area (Å²) in [5.41, 5.74) is 9.79. The fourth-order valence-electron chi connectivity index (χ4n) is 5.86. The molecule has 4 aromatic rings. The minimum atomic E-state index is -0.609. The molecule has 1 aliphatic carbocycles. The molecule has 5 nitrogen and oxygen atoms in total. The molecule has 1 aliphatic rings. The third-order valence-electron chi connectivity index (χ3n) is 8.21. The molecular formula is C40H44O5. The van der Waals surface area contributed by atoms with Crippen molar-refractivity contribution in [3.8, 4) is 5.75 Å². The number of hydrogen-bond donors (Lipinski definition) is 0. The summed E-state index contributed by atoms with van der Waals surface area (Å²) in [7, 11) is 0. The topological polar surface area (TPSA) is 54.0 Å². The van der Waals surface area contributed by atoms with Crippen molar-refractivity contribution in [3.63, 3.8) is 0 Å². The molecule has 0 radical (unpaired) electrons. The fraction of sp³-hybridized carbons (Fsp3) is 0.325. The predicted molar refractivity (Wildman–Crippen MR) is 181 cm³/mol. The molecule has 0 bridgehead atoms. The van der Waals surface area contributed by atoms with Crippen LogP contribution in [0.1, 0.15) is 71.4 Å². The summed E-state index contributed by atoms with van der Waals surface area (Å²) < 4.78 is 23.5. The van der Waals surface area contributed by atoms with Crippen LogP contribution in [0.25, 0.3) is 12.2 Å². The number of hydrogen-bond acceptors (Lipinski definition) is 5. The molecule has 4 aromatic carbocycles. The second-order valence-electron chi connectivity index (χ2n) is 11.2. The lowest BCUT2D eigenvalue weighted by molar-refractivity contribution is -0.156. The first kappa shape index (κ1) is 32.2. The Kier molecular flexibility index (Phi) is 11.6. The van der Waals surface area contributed by atoms with Crippen LogP contribution in [0.2, 0.25) is 0 Å². The van der Waals surface area contributed by atoms with E-state index in [1.54, 1.807) is 6.92 Å². The van der Waals surface area contributed by atoms with E-state index < -0.39 is 6.10 Å². The van der Waals surface area contributed by atoms with Crippen LogP contribution in [0.3, 0.4) is 0 Å². The largest absolute Gasteiger partial charge is 0.491 e. The Balaban J connectivity index is 1.27. The summed E-state index contributed by atoms with van der Waals surface area (Å²) in [5.74, 6) is 0.425. The van der Waals surface area contributed by atoms with Crippen molar-refractivity contribution in [2.24, 2.45) is 0 Å². The predicted octanol–water partition coefficient (Wildman–Crippen LogP) is 8.21. The van der Waals surface area contributed by atoms with Gasteiger partial charge in [-0.1, -0.05) is 97.9 Å². The van der Waals surface area contributed by atoms with Gasteiger partial charge < -0.3 is 18.9 Å². The maximum absolute atomic E-state index is 12.2. The minimum absolute atomic E-state index is 0.197. The van der Waals surface area contributed by atoms with Crippen LogP contribution in [0, 0.1) is 0 Å². The molecule has 0 saturated heterocycles. The van der Waals surface area contributed by atoms with Crippen molar-refractivity contribution in [1.29, 1.82) is 0 Å². The van der Waals surface area contributed by atoms with Gasteiger partial charge in [0.05, 0.1) is 13.2 Å². The van der Waals surface area contributed by atoms with Crippen molar-refractivity contribution in [1.82, 2.24) is 0 Å². The molecule has 0 aromatic heterocycles. The van der Waals surface area contributed by atoms with E-state index in [9.17, 15) is 4.79 Å². The second-order valence-corrected chi connectivity index (χ2v) is 11.2. The van der Waals surface area contributed by atoms with Gasteiger partial charge in [-0.25, -0.2) is 4.79 Å². The molecule has 0 saturated carbocycles. The highest BCUT2D eigenvalue weighted by Gasteiger charge is 2.24. The fourth-order valence-corrected chi connectivity index (χ4v) is 5.86. The summed E-state index contributed by atoms with van der Waals surface area (Å²) in [6.45, 7) is 7.50. The van der Waals surface area contributed by atoms with Gasteiger partial charge in [-0.3, -0.25) is 0 Å². The third kappa shape index (κ3) is 8.50. The van der Waals surface area contributed by atoms with E-state index in [0.29, 0.717) is 32.8 Å². The first-order valence-corrected chi connectivity index (χ1v) is 16.2. The Bertz CT molecular complexity index is 1560. The molecule has 0 amide bonds. The number of carbonyl (C=O) groups is 1. The van der Waals surface area contributed by atoms with Crippen LogP contribution < -0.4 is 4.74 Å². The Morgan fingerprint density at radius 2 is 1.53 bits per heavy atom. The number of carbonyl (C=O) groups excluding carboxylic acids is 1. The van der Waals surface area contributed by atoms with Crippen LogP contribution in [-0.2, 0) is 44.7 Å². The molecule has 0 spiro atoms. The zero-order chi connectivity index (χ0) is 31.4. The first-order chi connectivity index (χ1) is 22.1. The normalized spacial score (nSPS) is 14.2. The molecule has 0 fully saturated rings. The number of rotatable bonds is 15. The Morgan fingerprint density at radius 1 is 0.733 bits per heavy atom. The van der Waals surface area contributed by atoms with E-state index in [1.807, 2.05) is 31.2 Å². The monoisotopic (exact) mass is 604 g/mol. The van der Waals surface area contributed by atoms with Gasteiger partial charge in [-0.15, -0.1) is 0 Å².